The van der Waals surface area contributed by atoms with Crippen molar-refractivity contribution < 1.29 is 4.74 Å². The van der Waals surface area contributed by atoms with Crippen LogP contribution in [0.25, 0.3) is 0 Å². The summed E-state index contributed by atoms with van der Waals surface area (Å²) >= 11 is 11.9. The number of hydrazine groups is 1. The van der Waals surface area contributed by atoms with Crippen molar-refractivity contribution in [1.29, 1.82) is 0 Å². The molecule has 0 aliphatic rings. The van der Waals surface area contributed by atoms with Gasteiger partial charge in [0.1, 0.15) is 0 Å². The molecular weight excluding hydrogens is 275 g/mol. The quantitative estimate of drug-likeness (QED) is 0.256. The maximum atomic E-state index is 6.04. The van der Waals surface area contributed by atoms with E-state index in [4.69, 9.17) is 33.8 Å². The van der Waals surface area contributed by atoms with Gasteiger partial charge in [-0.05, 0) is 18.6 Å². The molecule has 1 aromatic rings. The summed E-state index contributed by atoms with van der Waals surface area (Å²) in [6.07, 6.45) is 0.812. The van der Waals surface area contributed by atoms with Gasteiger partial charge < -0.3 is 10.1 Å². The number of guanidine groups is 1. The van der Waals surface area contributed by atoms with E-state index in [9.17, 15) is 0 Å². The minimum absolute atomic E-state index is 0.426. The molecule has 0 unspecified atom stereocenters. The predicted molar refractivity (Wildman–Crippen MR) is 76.2 cm³/mol. The Morgan fingerprint density at radius 2 is 2.22 bits per heavy atom. The summed E-state index contributed by atoms with van der Waals surface area (Å²) in [7, 11) is 1.65. The third-order valence-electron chi connectivity index (χ3n) is 2.12. The summed E-state index contributed by atoms with van der Waals surface area (Å²) in [5.74, 6) is 5.80. The molecule has 0 fully saturated rings. The van der Waals surface area contributed by atoms with E-state index in [2.05, 4.69) is 15.7 Å². The highest BCUT2D eigenvalue weighted by Crippen LogP contribution is 2.29. The average molecular weight is 291 g/mol. The van der Waals surface area contributed by atoms with Gasteiger partial charge >= 0.3 is 0 Å². The number of nitrogens with zero attached hydrogens (tertiary/aromatic N) is 1. The lowest BCUT2D eigenvalue weighted by Gasteiger charge is -2.11. The Kier molecular flexibility index (Phi) is 6.82. The van der Waals surface area contributed by atoms with Crippen LogP contribution in [0.15, 0.2) is 23.2 Å². The molecule has 0 radical (unpaired) electrons. The molecule has 0 saturated heterocycles. The normalized spacial score (nSPS) is 11.4. The molecule has 1 aromatic carbocycles. The summed E-state index contributed by atoms with van der Waals surface area (Å²) in [4.78, 5) is 4.23. The molecule has 4 N–H and O–H groups in total. The van der Waals surface area contributed by atoms with Crippen LogP contribution in [-0.2, 0) is 4.74 Å². The van der Waals surface area contributed by atoms with Gasteiger partial charge in [-0.15, -0.1) is 0 Å². The molecule has 1 rings (SSSR count). The number of ether oxygens (including phenoxy) is 1. The van der Waals surface area contributed by atoms with Gasteiger partial charge in [0, 0.05) is 20.3 Å². The van der Waals surface area contributed by atoms with E-state index in [0.717, 1.165) is 6.42 Å². The van der Waals surface area contributed by atoms with Gasteiger partial charge in [0.15, 0.2) is 0 Å². The number of hydrogen-bond acceptors (Lipinski definition) is 3. The molecule has 0 aromatic heterocycles. The van der Waals surface area contributed by atoms with E-state index in [0.29, 0.717) is 34.8 Å². The van der Waals surface area contributed by atoms with Crippen LogP contribution in [-0.4, -0.2) is 26.2 Å². The molecule has 0 heterocycles. The standard InChI is InChI=1S/C11H16Cl2N4O/c1-18-7-3-6-15-11(17-14)16-9-5-2-4-8(12)10(9)13/h2,4-5H,3,6-7,14H2,1H3,(H2,15,16,17). The number of benzene rings is 1. The monoisotopic (exact) mass is 290 g/mol. The zero-order valence-corrected chi connectivity index (χ0v) is 11.6. The lowest BCUT2D eigenvalue weighted by Crippen LogP contribution is -2.36. The summed E-state index contributed by atoms with van der Waals surface area (Å²) in [5.41, 5.74) is 3.12. The number of anilines is 1. The second kappa shape index (κ2) is 8.16. The fourth-order valence-corrected chi connectivity index (χ4v) is 1.60. The highest BCUT2D eigenvalue weighted by atomic mass is 35.5. The SMILES string of the molecule is COCCCN=C(NN)Nc1cccc(Cl)c1Cl. The van der Waals surface area contributed by atoms with Crippen molar-refractivity contribution in [2.24, 2.45) is 10.8 Å². The van der Waals surface area contributed by atoms with Gasteiger partial charge in [0.25, 0.3) is 0 Å². The van der Waals surface area contributed by atoms with Crippen molar-refractivity contribution in [1.82, 2.24) is 5.43 Å². The summed E-state index contributed by atoms with van der Waals surface area (Å²) in [6, 6.07) is 5.28. The van der Waals surface area contributed by atoms with Crippen molar-refractivity contribution in [2.75, 3.05) is 25.6 Å². The second-order valence-corrected chi connectivity index (χ2v) is 4.23. The van der Waals surface area contributed by atoms with Crippen LogP contribution in [0.1, 0.15) is 6.42 Å². The molecule has 0 saturated carbocycles. The van der Waals surface area contributed by atoms with E-state index in [1.54, 1.807) is 25.3 Å². The molecule has 18 heavy (non-hydrogen) atoms. The van der Waals surface area contributed by atoms with E-state index in [1.807, 2.05) is 0 Å². The van der Waals surface area contributed by atoms with Crippen LogP contribution in [0.2, 0.25) is 10.0 Å². The Balaban J connectivity index is 2.65. The summed E-state index contributed by atoms with van der Waals surface area (Å²) < 4.78 is 4.93. The van der Waals surface area contributed by atoms with Crippen molar-refractivity contribution in [3.63, 3.8) is 0 Å². The van der Waals surface area contributed by atoms with E-state index >= 15 is 0 Å². The second-order valence-electron chi connectivity index (χ2n) is 3.45. The smallest absolute Gasteiger partial charge is 0.210 e. The highest BCUT2D eigenvalue weighted by molar-refractivity contribution is 6.44. The van der Waals surface area contributed by atoms with Gasteiger partial charge in [-0.3, -0.25) is 10.4 Å². The van der Waals surface area contributed by atoms with Crippen molar-refractivity contribution in [3.05, 3.63) is 28.2 Å². The van der Waals surface area contributed by atoms with E-state index in [-0.39, 0.29) is 0 Å². The maximum absolute atomic E-state index is 6.04. The van der Waals surface area contributed by atoms with Crippen molar-refractivity contribution in [3.8, 4) is 0 Å². The molecular formula is C11H16Cl2N4O. The van der Waals surface area contributed by atoms with Crippen molar-refractivity contribution >= 4 is 34.8 Å². The number of methoxy groups -OCH3 is 1. The fourth-order valence-electron chi connectivity index (χ4n) is 1.25. The topological polar surface area (TPSA) is 71.7 Å². The van der Waals surface area contributed by atoms with Gasteiger partial charge in [-0.2, -0.15) is 0 Å². The third-order valence-corrected chi connectivity index (χ3v) is 2.94. The van der Waals surface area contributed by atoms with Crippen LogP contribution in [0.4, 0.5) is 5.69 Å². The molecule has 0 spiro atoms. The minimum Gasteiger partial charge on any atom is -0.385 e. The van der Waals surface area contributed by atoms with Crippen LogP contribution >= 0.6 is 23.2 Å². The van der Waals surface area contributed by atoms with Crippen LogP contribution in [0.5, 0.6) is 0 Å². The molecule has 0 aliphatic carbocycles. The molecule has 5 nitrogen and oxygen atoms in total. The van der Waals surface area contributed by atoms with E-state index < -0.39 is 0 Å². The average Bonchev–Trinajstić information content (AvgIpc) is 2.38. The van der Waals surface area contributed by atoms with Crippen LogP contribution in [0.3, 0.4) is 0 Å². The highest BCUT2D eigenvalue weighted by Gasteiger charge is 2.05. The van der Waals surface area contributed by atoms with E-state index in [1.165, 1.54) is 0 Å². The number of hydrogen-bond donors (Lipinski definition) is 3. The number of nitrogens with two attached hydrogens (primary N) is 1. The zero-order chi connectivity index (χ0) is 13.4. The Hall–Kier alpha value is -1.01. The molecule has 100 valence electrons. The summed E-state index contributed by atoms with van der Waals surface area (Å²) in [6.45, 7) is 1.25. The minimum atomic E-state index is 0.426. The molecule has 0 aliphatic heterocycles. The predicted octanol–water partition coefficient (Wildman–Crippen LogP) is 2.26. The first-order valence-corrected chi connectivity index (χ1v) is 6.15. The first-order valence-electron chi connectivity index (χ1n) is 5.40. The van der Waals surface area contributed by atoms with Gasteiger partial charge in [-0.25, -0.2) is 5.84 Å². The molecule has 0 bridgehead atoms. The van der Waals surface area contributed by atoms with Gasteiger partial charge in [0.2, 0.25) is 5.96 Å². The lowest BCUT2D eigenvalue weighted by atomic mass is 10.3. The Morgan fingerprint density at radius 3 is 2.89 bits per heavy atom. The largest absolute Gasteiger partial charge is 0.385 e. The summed E-state index contributed by atoms with van der Waals surface area (Å²) in [5, 5.41) is 3.87. The van der Waals surface area contributed by atoms with Gasteiger partial charge in [-0.1, -0.05) is 29.3 Å². The Morgan fingerprint density at radius 1 is 1.44 bits per heavy atom. The Bertz CT molecular complexity index is 412. The number of halogens is 2. The third kappa shape index (κ3) is 4.70. The zero-order valence-electron chi connectivity index (χ0n) is 10.0. The molecule has 0 amide bonds. The molecule has 0 atom stereocenters. The fraction of sp³-hybridized carbons (Fsp3) is 0.364. The first kappa shape index (κ1) is 15.0. The van der Waals surface area contributed by atoms with Crippen molar-refractivity contribution in [2.45, 2.75) is 6.42 Å². The molecule has 7 heteroatoms. The first-order chi connectivity index (χ1) is 8.69. The number of nitrogens with one attached hydrogen (secondary N) is 2. The van der Waals surface area contributed by atoms with Gasteiger partial charge in [0.05, 0.1) is 15.7 Å². The number of rotatable bonds is 5. The maximum Gasteiger partial charge on any atom is 0.210 e. The lowest BCUT2D eigenvalue weighted by molar-refractivity contribution is 0.197. The van der Waals surface area contributed by atoms with Crippen LogP contribution in [0, 0.1) is 0 Å². The Labute approximate surface area is 116 Å². The number of aliphatic imine (C=N–C) groups is 1. The van der Waals surface area contributed by atoms with Crippen LogP contribution < -0.4 is 16.6 Å².